The van der Waals surface area contributed by atoms with Gasteiger partial charge in [-0.15, -0.1) is 0 Å². The Balaban J connectivity index is 1.70. The number of nitrogens with one attached hydrogen (secondary N) is 2. The Morgan fingerprint density at radius 3 is 2.72 bits per heavy atom. The van der Waals surface area contributed by atoms with Gasteiger partial charge < -0.3 is 5.32 Å². The average molecular weight is 242 g/mol. The highest BCUT2D eigenvalue weighted by molar-refractivity contribution is 5.25. The van der Waals surface area contributed by atoms with E-state index in [1.807, 2.05) is 0 Å². The van der Waals surface area contributed by atoms with Crippen LogP contribution in [0.4, 0.5) is 0 Å². The van der Waals surface area contributed by atoms with Crippen molar-refractivity contribution in [2.45, 2.75) is 32.4 Å². The summed E-state index contributed by atoms with van der Waals surface area (Å²) in [6, 6.07) is 9.26. The molecule has 1 aliphatic carbocycles. The summed E-state index contributed by atoms with van der Waals surface area (Å²) in [5, 5.41) is 10.3. The van der Waals surface area contributed by atoms with Crippen LogP contribution in [0.2, 0.25) is 0 Å². The van der Waals surface area contributed by atoms with Gasteiger partial charge in [-0.2, -0.15) is 5.10 Å². The van der Waals surface area contributed by atoms with Crippen molar-refractivity contribution < 1.29 is 0 Å². The highest BCUT2D eigenvalue weighted by Gasteiger charge is 2.31. The summed E-state index contributed by atoms with van der Waals surface area (Å²) in [5.41, 5.74) is 2.69. The zero-order chi connectivity index (χ0) is 12.4. The Morgan fingerprint density at radius 1 is 1.33 bits per heavy atom. The average Bonchev–Trinajstić information content (AvgIpc) is 3.08. The SMILES string of the molecule is Cc1ccc(C(NCc2ncn[nH]2)C2CC2)cc1. The van der Waals surface area contributed by atoms with E-state index in [0.717, 1.165) is 18.3 Å². The summed E-state index contributed by atoms with van der Waals surface area (Å²) in [5.74, 6) is 1.67. The maximum atomic E-state index is 4.15. The molecule has 0 amide bonds. The normalized spacial score (nSPS) is 16.7. The Labute approximate surface area is 107 Å². The quantitative estimate of drug-likeness (QED) is 0.846. The number of hydrogen-bond donors (Lipinski definition) is 2. The smallest absolute Gasteiger partial charge is 0.138 e. The summed E-state index contributed by atoms with van der Waals surface area (Å²) in [6.45, 7) is 2.87. The second-order valence-electron chi connectivity index (χ2n) is 5.04. The molecule has 4 nitrogen and oxygen atoms in total. The van der Waals surface area contributed by atoms with Gasteiger partial charge in [0.1, 0.15) is 12.2 Å². The van der Waals surface area contributed by atoms with Crippen LogP contribution in [0, 0.1) is 12.8 Å². The molecule has 1 aromatic heterocycles. The molecule has 1 fully saturated rings. The molecule has 3 rings (SSSR count). The van der Waals surface area contributed by atoms with Gasteiger partial charge in [-0.1, -0.05) is 29.8 Å². The molecule has 0 aliphatic heterocycles. The molecule has 0 saturated heterocycles. The first-order valence-electron chi connectivity index (χ1n) is 6.47. The van der Waals surface area contributed by atoms with Gasteiger partial charge in [0.15, 0.2) is 0 Å². The first kappa shape index (κ1) is 11.4. The minimum atomic E-state index is 0.440. The number of nitrogens with zero attached hydrogens (tertiary/aromatic N) is 2. The van der Waals surface area contributed by atoms with Crippen LogP contribution in [0.25, 0.3) is 0 Å². The molecule has 1 aromatic carbocycles. The van der Waals surface area contributed by atoms with Gasteiger partial charge in [0.25, 0.3) is 0 Å². The van der Waals surface area contributed by atoms with Crippen molar-refractivity contribution in [1.82, 2.24) is 20.5 Å². The number of benzene rings is 1. The lowest BCUT2D eigenvalue weighted by molar-refractivity contribution is 0.472. The second kappa shape index (κ2) is 4.90. The number of aryl methyl sites for hydroxylation is 1. The fourth-order valence-electron chi connectivity index (χ4n) is 2.28. The molecule has 1 saturated carbocycles. The molecule has 1 unspecified atom stereocenters. The third-order valence-corrected chi connectivity index (χ3v) is 3.48. The molecular weight excluding hydrogens is 224 g/mol. The monoisotopic (exact) mass is 242 g/mol. The lowest BCUT2D eigenvalue weighted by Gasteiger charge is -2.18. The van der Waals surface area contributed by atoms with E-state index < -0.39 is 0 Å². The van der Waals surface area contributed by atoms with Crippen molar-refractivity contribution >= 4 is 0 Å². The zero-order valence-corrected chi connectivity index (χ0v) is 10.6. The molecule has 94 valence electrons. The van der Waals surface area contributed by atoms with E-state index in [1.165, 1.54) is 24.0 Å². The van der Waals surface area contributed by atoms with Crippen molar-refractivity contribution in [3.8, 4) is 0 Å². The molecule has 18 heavy (non-hydrogen) atoms. The fourth-order valence-corrected chi connectivity index (χ4v) is 2.28. The number of aromatic amines is 1. The lowest BCUT2D eigenvalue weighted by Crippen LogP contribution is -2.23. The van der Waals surface area contributed by atoms with Gasteiger partial charge in [-0.25, -0.2) is 4.98 Å². The van der Waals surface area contributed by atoms with Crippen LogP contribution in [0.3, 0.4) is 0 Å². The van der Waals surface area contributed by atoms with Crippen LogP contribution in [0.5, 0.6) is 0 Å². The van der Waals surface area contributed by atoms with Gasteiger partial charge in [-0.3, -0.25) is 5.10 Å². The van der Waals surface area contributed by atoms with Crippen LogP contribution in [0.1, 0.15) is 35.8 Å². The van der Waals surface area contributed by atoms with Crippen molar-refractivity contribution in [1.29, 1.82) is 0 Å². The zero-order valence-electron chi connectivity index (χ0n) is 10.6. The summed E-state index contributed by atoms with van der Waals surface area (Å²) in [6.07, 6.45) is 4.19. The van der Waals surface area contributed by atoms with Crippen LogP contribution < -0.4 is 5.32 Å². The van der Waals surface area contributed by atoms with Crippen molar-refractivity contribution in [2.75, 3.05) is 0 Å². The Hall–Kier alpha value is -1.68. The minimum Gasteiger partial charge on any atom is -0.303 e. The molecule has 1 aliphatic rings. The number of hydrogen-bond acceptors (Lipinski definition) is 3. The largest absolute Gasteiger partial charge is 0.303 e. The predicted octanol–water partition coefficient (Wildman–Crippen LogP) is 2.35. The molecule has 1 heterocycles. The number of rotatable bonds is 5. The highest BCUT2D eigenvalue weighted by Crippen LogP contribution is 2.41. The minimum absolute atomic E-state index is 0.440. The third kappa shape index (κ3) is 2.59. The van der Waals surface area contributed by atoms with Crippen molar-refractivity contribution in [3.05, 3.63) is 47.5 Å². The molecule has 0 bridgehead atoms. The topological polar surface area (TPSA) is 53.6 Å². The Kier molecular flexibility index (Phi) is 3.11. The van der Waals surface area contributed by atoms with Crippen LogP contribution in [-0.4, -0.2) is 15.2 Å². The Bertz CT molecular complexity index is 485. The maximum absolute atomic E-state index is 4.15. The van der Waals surface area contributed by atoms with E-state index in [2.05, 4.69) is 51.7 Å². The van der Waals surface area contributed by atoms with E-state index in [1.54, 1.807) is 6.33 Å². The standard InChI is InChI=1S/C14H18N4/c1-10-2-4-11(5-3-10)14(12-6-7-12)15-8-13-16-9-17-18-13/h2-5,9,12,14-15H,6-8H2,1H3,(H,16,17,18). The highest BCUT2D eigenvalue weighted by atomic mass is 15.2. The van der Waals surface area contributed by atoms with E-state index in [4.69, 9.17) is 0 Å². The summed E-state index contributed by atoms with van der Waals surface area (Å²) in [7, 11) is 0. The lowest BCUT2D eigenvalue weighted by atomic mass is 10.0. The van der Waals surface area contributed by atoms with Gasteiger partial charge in [0.2, 0.25) is 0 Å². The first-order chi connectivity index (χ1) is 8.83. The molecule has 2 aromatic rings. The first-order valence-corrected chi connectivity index (χ1v) is 6.47. The van der Waals surface area contributed by atoms with E-state index in [-0.39, 0.29) is 0 Å². The van der Waals surface area contributed by atoms with Crippen LogP contribution in [0.15, 0.2) is 30.6 Å². The predicted molar refractivity (Wildman–Crippen MR) is 69.9 cm³/mol. The molecule has 4 heteroatoms. The summed E-state index contributed by atoms with van der Waals surface area (Å²) in [4.78, 5) is 4.15. The maximum Gasteiger partial charge on any atom is 0.138 e. The van der Waals surface area contributed by atoms with Crippen LogP contribution >= 0.6 is 0 Å². The third-order valence-electron chi connectivity index (χ3n) is 3.48. The van der Waals surface area contributed by atoms with Gasteiger partial charge in [0, 0.05) is 6.04 Å². The van der Waals surface area contributed by atoms with Gasteiger partial charge in [-0.05, 0) is 31.2 Å². The number of H-pyrrole nitrogens is 1. The molecule has 0 radical (unpaired) electrons. The molecular formula is C14H18N4. The second-order valence-corrected chi connectivity index (χ2v) is 5.04. The summed E-state index contributed by atoms with van der Waals surface area (Å²) >= 11 is 0. The van der Waals surface area contributed by atoms with E-state index in [0.29, 0.717) is 6.04 Å². The summed E-state index contributed by atoms with van der Waals surface area (Å²) < 4.78 is 0. The molecule has 1 atom stereocenters. The molecule has 2 N–H and O–H groups in total. The Morgan fingerprint density at radius 2 is 2.11 bits per heavy atom. The fraction of sp³-hybridized carbons (Fsp3) is 0.429. The van der Waals surface area contributed by atoms with Gasteiger partial charge in [0.05, 0.1) is 6.54 Å². The van der Waals surface area contributed by atoms with Crippen LogP contribution in [-0.2, 0) is 6.54 Å². The van der Waals surface area contributed by atoms with E-state index >= 15 is 0 Å². The van der Waals surface area contributed by atoms with Crippen molar-refractivity contribution in [2.24, 2.45) is 5.92 Å². The van der Waals surface area contributed by atoms with Gasteiger partial charge >= 0.3 is 0 Å². The molecule has 0 spiro atoms. The van der Waals surface area contributed by atoms with Crippen molar-refractivity contribution in [3.63, 3.8) is 0 Å². The van der Waals surface area contributed by atoms with E-state index in [9.17, 15) is 0 Å². The number of aromatic nitrogens is 3.